The van der Waals surface area contributed by atoms with Crippen LogP contribution in [0.4, 0.5) is 10.5 Å². The monoisotopic (exact) mass is 371 g/mol. The summed E-state index contributed by atoms with van der Waals surface area (Å²) < 4.78 is 6.79. The number of anilines is 1. The summed E-state index contributed by atoms with van der Waals surface area (Å²) in [4.78, 5) is 37.7. The van der Waals surface area contributed by atoms with E-state index < -0.39 is 12.1 Å². The van der Waals surface area contributed by atoms with E-state index >= 15 is 0 Å². The van der Waals surface area contributed by atoms with E-state index in [1.165, 1.54) is 0 Å². The molecule has 0 aliphatic carbocycles. The van der Waals surface area contributed by atoms with Gasteiger partial charge in [-0.05, 0) is 36.8 Å². The number of urea groups is 1. The molecule has 3 rings (SSSR count). The van der Waals surface area contributed by atoms with Crippen LogP contribution in [0, 0.1) is 0 Å². The number of hydrogen-bond donors (Lipinski definition) is 2. The van der Waals surface area contributed by atoms with Gasteiger partial charge in [0.25, 0.3) is 5.91 Å². The van der Waals surface area contributed by atoms with Crippen molar-refractivity contribution in [2.45, 2.75) is 25.4 Å². The molecule has 0 saturated carbocycles. The molecule has 0 spiro atoms. The molecule has 0 bridgehead atoms. The average Bonchev–Trinajstić information content (AvgIpc) is 3.28. The number of rotatable bonds is 8. The number of methoxy groups -OCH3 is 1. The highest BCUT2D eigenvalue weighted by molar-refractivity contribution is 6.21. The smallest absolute Gasteiger partial charge is 0.329 e. The van der Waals surface area contributed by atoms with Crippen molar-refractivity contribution >= 4 is 23.5 Å². The zero-order valence-electron chi connectivity index (χ0n) is 14.9. The van der Waals surface area contributed by atoms with Gasteiger partial charge in [-0.1, -0.05) is 0 Å². The first-order valence-electron chi connectivity index (χ1n) is 8.61. The molecule has 1 unspecified atom stereocenters. The first-order valence-corrected chi connectivity index (χ1v) is 8.61. The van der Waals surface area contributed by atoms with E-state index in [2.05, 4.69) is 15.7 Å². The van der Waals surface area contributed by atoms with Gasteiger partial charge in [-0.25, -0.2) is 9.69 Å². The van der Waals surface area contributed by atoms with Gasteiger partial charge in [-0.3, -0.25) is 14.3 Å². The fraction of sp³-hybridized carbons (Fsp3) is 0.333. The Morgan fingerprint density at radius 3 is 2.74 bits per heavy atom. The van der Waals surface area contributed by atoms with Gasteiger partial charge in [-0.2, -0.15) is 5.10 Å². The average molecular weight is 371 g/mol. The Balaban J connectivity index is 1.48. The Kier molecular flexibility index (Phi) is 5.70. The lowest BCUT2D eigenvalue weighted by molar-refractivity contribution is -0.121. The van der Waals surface area contributed by atoms with Crippen molar-refractivity contribution in [2.75, 3.05) is 18.6 Å². The minimum absolute atomic E-state index is 0.145. The molecule has 27 heavy (non-hydrogen) atoms. The molecule has 1 saturated heterocycles. The number of nitrogens with zero attached hydrogens (tertiary/aromatic N) is 3. The number of hydrogen-bond acceptors (Lipinski definition) is 5. The topological polar surface area (TPSA) is 106 Å². The molecule has 142 valence electrons. The summed E-state index contributed by atoms with van der Waals surface area (Å²) in [7, 11) is 1.54. The lowest BCUT2D eigenvalue weighted by Gasteiger charge is -2.13. The molecule has 2 aromatic rings. The minimum atomic E-state index is -0.712. The van der Waals surface area contributed by atoms with Crippen LogP contribution in [0.15, 0.2) is 42.7 Å². The third-order valence-corrected chi connectivity index (χ3v) is 4.23. The zero-order valence-corrected chi connectivity index (χ0v) is 14.9. The van der Waals surface area contributed by atoms with Gasteiger partial charge in [-0.15, -0.1) is 0 Å². The number of amides is 4. The summed E-state index contributed by atoms with van der Waals surface area (Å²) in [5, 5.41) is 9.45. The minimum Gasteiger partial charge on any atom is -0.497 e. The van der Waals surface area contributed by atoms with E-state index in [0.717, 1.165) is 4.90 Å². The van der Waals surface area contributed by atoms with Gasteiger partial charge in [0.05, 0.1) is 19.3 Å². The van der Waals surface area contributed by atoms with E-state index in [9.17, 15) is 14.4 Å². The van der Waals surface area contributed by atoms with Crippen molar-refractivity contribution in [1.82, 2.24) is 20.4 Å². The molecule has 2 N–H and O–H groups in total. The highest BCUT2D eigenvalue weighted by Crippen LogP contribution is 2.23. The first kappa shape index (κ1) is 18.4. The fourth-order valence-electron chi connectivity index (χ4n) is 2.81. The highest BCUT2D eigenvalue weighted by Gasteiger charge is 2.38. The molecule has 1 aromatic heterocycles. The van der Waals surface area contributed by atoms with E-state index in [4.69, 9.17) is 4.74 Å². The van der Waals surface area contributed by atoms with Crippen LogP contribution in [0.3, 0.4) is 0 Å². The van der Waals surface area contributed by atoms with Gasteiger partial charge in [0.1, 0.15) is 11.8 Å². The highest BCUT2D eigenvalue weighted by atomic mass is 16.5. The lowest BCUT2D eigenvalue weighted by Crippen LogP contribution is -2.33. The molecule has 1 aliphatic rings. The van der Waals surface area contributed by atoms with E-state index in [1.54, 1.807) is 42.3 Å². The second-order valence-corrected chi connectivity index (χ2v) is 6.03. The van der Waals surface area contributed by atoms with Crippen LogP contribution in [0.5, 0.6) is 5.75 Å². The summed E-state index contributed by atoms with van der Waals surface area (Å²) in [6, 6.07) is 7.24. The third-order valence-electron chi connectivity index (χ3n) is 4.23. The molecule has 0 radical (unpaired) electrons. The van der Waals surface area contributed by atoms with Crippen molar-refractivity contribution in [3.8, 4) is 5.75 Å². The maximum atomic E-state index is 12.5. The Morgan fingerprint density at radius 2 is 2.07 bits per heavy atom. The summed E-state index contributed by atoms with van der Waals surface area (Å²) in [5.74, 6) is 0.0933. The largest absolute Gasteiger partial charge is 0.497 e. The molecular weight excluding hydrogens is 350 g/mol. The quantitative estimate of drug-likeness (QED) is 0.671. The molecule has 1 fully saturated rings. The van der Waals surface area contributed by atoms with Crippen LogP contribution >= 0.6 is 0 Å². The van der Waals surface area contributed by atoms with Crippen molar-refractivity contribution in [2.24, 2.45) is 0 Å². The van der Waals surface area contributed by atoms with E-state index in [-0.39, 0.29) is 24.7 Å². The second-order valence-electron chi connectivity index (χ2n) is 6.03. The van der Waals surface area contributed by atoms with Crippen LogP contribution in [0.1, 0.15) is 12.8 Å². The van der Waals surface area contributed by atoms with Gasteiger partial charge in [0.15, 0.2) is 0 Å². The van der Waals surface area contributed by atoms with Gasteiger partial charge < -0.3 is 15.4 Å². The molecule has 1 atom stereocenters. The lowest BCUT2D eigenvalue weighted by atomic mass is 10.1. The summed E-state index contributed by atoms with van der Waals surface area (Å²) in [6.07, 6.45) is 3.87. The van der Waals surface area contributed by atoms with Crippen LogP contribution < -0.4 is 20.3 Å². The molecular formula is C18H21N5O4. The third kappa shape index (κ3) is 4.43. The van der Waals surface area contributed by atoms with Gasteiger partial charge in [0, 0.05) is 25.4 Å². The van der Waals surface area contributed by atoms with Gasteiger partial charge in [0.2, 0.25) is 5.91 Å². The van der Waals surface area contributed by atoms with Crippen LogP contribution in [0.25, 0.3) is 0 Å². The predicted octanol–water partition coefficient (Wildman–Crippen LogP) is 0.913. The van der Waals surface area contributed by atoms with Crippen LogP contribution in [-0.4, -0.2) is 47.3 Å². The Morgan fingerprint density at radius 1 is 1.30 bits per heavy atom. The summed E-state index contributed by atoms with van der Waals surface area (Å²) in [5.41, 5.74) is 0.462. The van der Waals surface area contributed by atoms with Crippen LogP contribution in [-0.2, 0) is 16.1 Å². The molecule has 2 heterocycles. The Labute approximate surface area is 156 Å². The van der Waals surface area contributed by atoms with Crippen molar-refractivity contribution < 1.29 is 19.1 Å². The number of carbonyl (C=O) groups is 3. The van der Waals surface area contributed by atoms with Gasteiger partial charge >= 0.3 is 6.03 Å². The molecule has 4 amide bonds. The van der Waals surface area contributed by atoms with Crippen molar-refractivity contribution in [3.63, 3.8) is 0 Å². The van der Waals surface area contributed by atoms with Crippen LogP contribution in [0.2, 0.25) is 0 Å². The number of ether oxygens (including phenoxy) is 1. The second kappa shape index (κ2) is 8.35. The number of aromatic nitrogens is 2. The molecule has 1 aromatic carbocycles. The molecule has 9 heteroatoms. The first-order chi connectivity index (χ1) is 13.1. The summed E-state index contributed by atoms with van der Waals surface area (Å²) in [6.45, 7) is 1.02. The van der Waals surface area contributed by atoms with E-state index in [1.807, 2.05) is 12.3 Å². The maximum Gasteiger partial charge on any atom is 0.329 e. The fourth-order valence-corrected chi connectivity index (χ4v) is 2.81. The number of imide groups is 1. The Bertz CT molecular complexity index is 804. The standard InChI is InChI=1S/C18H21N5O4/c1-27-14-5-3-13(4-6-14)23-17(25)15(21-18(23)26)7-8-16(24)19-10-12-22-11-2-9-20-22/h2-6,9,11,15H,7-8,10,12H2,1H3,(H,19,24)(H,21,26). The molecule has 1 aliphatic heterocycles. The predicted molar refractivity (Wildman–Crippen MR) is 97.3 cm³/mol. The number of carbonyl (C=O) groups excluding carboxylic acids is 3. The van der Waals surface area contributed by atoms with E-state index in [0.29, 0.717) is 24.5 Å². The Hall–Kier alpha value is -3.36. The normalized spacial score (nSPS) is 16.3. The SMILES string of the molecule is COc1ccc(N2C(=O)NC(CCC(=O)NCCn3cccn3)C2=O)cc1. The molecule has 9 nitrogen and oxygen atoms in total. The maximum absolute atomic E-state index is 12.5. The van der Waals surface area contributed by atoms with Crippen molar-refractivity contribution in [1.29, 1.82) is 0 Å². The summed E-state index contributed by atoms with van der Waals surface area (Å²) >= 11 is 0. The number of benzene rings is 1. The zero-order chi connectivity index (χ0) is 19.2. The number of nitrogens with one attached hydrogen (secondary N) is 2. The van der Waals surface area contributed by atoms with Crippen molar-refractivity contribution in [3.05, 3.63) is 42.7 Å².